The fourth-order valence-corrected chi connectivity index (χ4v) is 10.2. The highest BCUT2D eigenvalue weighted by Gasteiger charge is 2.17. The zero-order chi connectivity index (χ0) is 56.2. The van der Waals surface area contributed by atoms with Gasteiger partial charge in [-0.15, -0.1) is 0 Å². The number of hydrogen-bond acceptors (Lipinski definition) is 13. The van der Waals surface area contributed by atoms with Crippen molar-refractivity contribution in [2.45, 2.75) is 140 Å². The third kappa shape index (κ3) is 17.7. The van der Waals surface area contributed by atoms with Crippen LogP contribution in [0.5, 0.6) is 0 Å². The number of pyridine rings is 6. The van der Waals surface area contributed by atoms with Gasteiger partial charge in [-0.2, -0.15) is 0 Å². The molecule has 19 heteroatoms. The fraction of sp³-hybridized carbons (Fsp3) is 0.390. The summed E-state index contributed by atoms with van der Waals surface area (Å²) in [7, 11) is -2.21. The number of hydrogen-bond donors (Lipinski definition) is 5. The van der Waals surface area contributed by atoms with Crippen LogP contribution in [0.4, 0.5) is 11.6 Å². The maximum Gasteiger partial charge on any atom is 0.335 e. The van der Waals surface area contributed by atoms with Crippen LogP contribution in [0, 0.1) is 41.5 Å². The van der Waals surface area contributed by atoms with Gasteiger partial charge in [-0.25, -0.2) is 24.7 Å². The van der Waals surface area contributed by atoms with Gasteiger partial charge in [0.2, 0.25) is 0 Å². The monoisotopic (exact) mass is 1090 g/mol. The van der Waals surface area contributed by atoms with Gasteiger partial charge in [0, 0.05) is 131 Å². The van der Waals surface area contributed by atoms with Crippen molar-refractivity contribution in [2.75, 3.05) is 24.7 Å². The van der Waals surface area contributed by atoms with Crippen molar-refractivity contribution >= 4 is 61.7 Å². The molecular formula is C59H82N12O5Si2. The lowest BCUT2D eigenvalue weighted by molar-refractivity contribution is 0.0696. The molecule has 416 valence electrons. The Kier molecular flexibility index (Phi) is 21.7. The molecule has 0 aliphatic heterocycles. The van der Waals surface area contributed by atoms with E-state index in [9.17, 15) is 9.59 Å². The standard InChI is InChI=1S/C29H38N6O2Si.C21H27N3O3Si.C8H13N3.CH4/c1-19-11-27(30)34-21(3)26(19)17-33-29(36)23-7-8-31-25(15-23)14-22-13-24-12-20(2)35(28(24)32-16-22)18-37-9-10-38(4,5)6;1-15-9-18-10-16(11-19-12-17(21(25)26)5-6-22-19)13-23-20(18)24(15)14-27-7-8-28(2,3)4;1-5-3-8(10)11-6(2)7(5)4-9;/h7-8,11-13,15-16H,9-10,14,17-18H2,1-6H3,(H2,30,34)(H,33,36);5-6,9-10,12-13H,7-8,11,14H2,1-4H3,(H,25,26);3H,4,9H2,1-2H3,(H2,10,11);1H4. The predicted octanol–water partition coefficient (Wildman–Crippen LogP) is 10.9. The van der Waals surface area contributed by atoms with Crippen LogP contribution in [0.3, 0.4) is 0 Å². The highest BCUT2D eigenvalue weighted by molar-refractivity contribution is 6.76. The lowest BCUT2D eigenvalue weighted by Crippen LogP contribution is -2.24. The van der Waals surface area contributed by atoms with E-state index >= 15 is 0 Å². The zero-order valence-corrected chi connectivity index (χ0v) is 49.0. The molecule has 0 aromatic carbocycles. The van der Waals surface area contributed by atoms with Gasteiger partial charge in [0.1, 0.15) is 36.4 Å². The average Bonchev–Trinajstić information content (AvgIpc) is 3.88. The van der Waals surface area contributed by atoms with Crippen molar-refractivity contribution < 1.29 is 24.2 Å². The smallest absolute Gasteiger partial charge is 0.335 e. The Morgan fingerprint density at radius 3 is 1.47 bits per heavy atom. The van der Waals surface area contributed by atoms with E-state index in [1.165, 1.54) is 12.3 Å². The number of amides is 1. The first-order valence-corrected chi connectivity index (χ1v) is 33.4. The number of aromatic carboxylic acids is 1. The third-order valence-electron chi connectivity index (χ3n) is 13.1. The molecular weight excluding hydrogens is 1010 g/mol. The maximum atomic E-state index is 12.9. The van der Waals surface area contributed by atoms with Gasteiger partial charge in [-0.3, -0.25) is 14.8 Å². The van der Waals surface area contributed by atoms with E-state index < -0.39 is 22.1 Å². The molecule has 0 saturated heterocycles. The maximum absolute atomic E-state index is 12.9. The molecule has 1 amide bonds. The molecule has 0 atom stereocenters. The Morgan fingerprint density at radius 1 is 0.615 bits per heavy atom. The molecule has 8 aromatic rings. The number of carboxylic acid groups (broad SMARTS) is 1. The fourth-order valence-electron chi connectivity index (χ4n) is 8.70. The van der Waals surface area contributed by atoms with E-state index in [2.05, 4.69) is 117 Å². The number of aryl methyl sites for hydroxylation is 6. The summed E-state index contributed by atoms with van der Waals surface area (Å²) >= 11 is 0. The van der Waals surface area contributed by atoms with Gasteiger partial charge in [0.25, 0.3) is 5.91 Å². The van der Waals surface area contributed by atoms with Gasteiger partial charge in [0.05, 0.1) is 5.56 Å². The van der Waals surface area contributed by atoms with Crippen LogP contribution < -0.4 is 22.5 Å². The molecule has 17 nitrogen and oxygen atoms in total. The van der Waals surface area contributed by atoms with E-state index in [0.29, 0.717) is 62.3 Å². The summed E-state index contributed by atoms with van der Waals surface area (Å²) in [6.45, 7) is 29.5. The van der Waals surface area contributed by atoms with Crippen molar-refractivity contribution in [3.8, 4) is 0 Å². The predicted molar refractivity (Wildman–Crippen MR) is 320 cm³/mol. The second-order valence-electron chi connectivity index (χ2n) is 22.1. The molecule has 8 N–H and O–H groups in total. The summed E-state index contributed by atoms with van der Waals surface area (Å²) in [5.41, 5.74) is 31.3. The molecule has 8 aromatic heterocycles. The van der Waals surface area contributed by atoms with Crippen LogP contribution >= 0.6 is 0 Å². The second kappa shape index (κ2) is 27.4. The molecule has 0 aliphatic rings. The van der Waals surface area contributed by atoms with Crippen LogP contribution in [0.25, 0.3) is 22.1 Å². The molecule has 78 heavy (non-hydrogen) atoms. The van der Waals surface area contributed by atoms with Crippen molar-refractivity contribution in [1.82, 2.24) is 44.4 Å². The number of nitrogens with one attached hydrogen (secondary N) is 1. The minimum Gasteiger partial charge on any atom is -0.478 e. The molecule has 8 rings (SSSR count). The molecule has 0 radical (unpaired) electrons. The third-order valence-corrected chi connectivity index (χ3v) is 16.5. The van der Waals surface area contributed by atoms with Crippen LogP contribution in [-0.4, -0.2) is 85.4 Å². The van der Waals surface area contributed by atoms with Gasteiger partial charge in [-0.05, 0) is 148 Å². The van der Waals surface area contributed by atoms with E-state index in [1.807, 2.05) is 58.3 Å². The first kappa shape index (κ1) is 61.7. The summed E-state index contributed by atoms with van der Waals surface area (Å²) in [6, 6.07) is 21.1. The molecule has 0 unspecified atom stereocenters. The number of fused-ring (bicyclic) bond motifs is 2. The Bertz CT molecular complexity index is 3300. The van der Waals surface area contributed by atoms with Crippen LogP contribution in [0.15, 0.2) is 85.5 Å². The zero-order valence-electron chi connectivity index (χ0n) is 47.0. The molecule has 0 aliphatic carbocycles. The number of nitrogens with zero attached hydrogens (tertiary/aromatic N) is 8. The number of nitrogens with two attached hydrogens (primary N) is 3. The quantitative estimate of drug-likeness (QED) is 0.0373. The summed E-state index contributed by atoms with van der Waals surface area (Å²) < 4.78 is 16.1. The first-order chi connectivity index (χ1) is 36.4. The summed E-state index contributed by atoms with van der Waals surface area (Å²) in [4.78, 5) is 50.6. The molecule has 8 heterocycles. The molecule has 0 fully saturated rings. The van der Waals surface area contributed by atoms with Crippen LogP contribution in [0.1, 0.15) is 95.7 Å². The lowest BCUT2D eigenvalue weighted by Gasteiger charge is -2.16. The van der Waals surface area contributed by atoms with Gasteiger partial charge < -0.3 is 46.2 Å². The average molecular weight is 1100 g/mol. The Hall–Kier alpha value is -7.17. The van der Waals surface area contributed by atoms with Gasteiger partial charge >= 0.3 is 5.97 Å². The van der Waals surface area contributed by atoms with E-state index in [1.54, 1.807) is 18.3 Å². The van der Waals surface area contributed by atoms with Crippen LogP contribution in [0.2, 0.25) is 51.4 Å². The highest BCUT2D eigenvalue weighted by Crippen LogP contribution is 2.23. The lowest BCUT2D eigenvalue weighted by atomic mass is 10.1. The van der Waals surface area contributed by atoms with E-state index in [-0.39, 0.29) is 18.9 Å². The van der Waals surface area contributed by atoms with E-state index in [4.69, 9.17) is 36.8 Å². The second-order valence-corrected chi connectivity index (χ2v) is 33.4. The van der Waals surface area contributed by atoms with Crippen molar-refractivity contribution in [2.24, 2.45) is 5.73 Å². The summed E-state index contributed by atoms with van der Waals surface area (Å²) in [5, 5.41) is 14.3. The van der Waals surface area contributed by atoms with Crippen molar-refractivity contribution in [3.05, 3.63) is 164 Å². The molecule has 0 bridgehead atoms. The SMILES string of the molecule is C.Cc1cc(N)nc(C)c1CN.Cc1cc(N)nc(C)c1CNC(=O)c1ccnc(Cc2cnc3c(c2)cc(C)n3COCC[Si](C)(C)C)c1.Cc1cc2cc(Cc3cc(C(=O)O)ccn3)cnc2n1COCC[Si](C)(C)C. The van der Waals surface area contributed by atoms with Crippen molar-refractivity contribution in [3.63, 3.8) is 0 Å². The largest absolute Gasteiger partial charge is 0.478 e. The normalized spacial score (nSPS) is 11.4. The van der Waals surface area contributed by atoms with Gasteiger partial charge in [0.15, 0.2) is 0 Å². The number of carbonyl (C=O) groups is 2. The molecule has 0 saturated carbocycles. The number of anilines is 2. The number of rotatable bonds is 19. The Labute approximate surface area is 462 Å². The highest BCUT2D eigenvalue weighted by atomic mass is 28.3. The Morgan fingerprint density at radius 2 is 1.05 bits per heavy atom. The number of ether oxygens (including phenoxy) is 2. The number of nitrogen functional groups attached to an aromatic ring is 2. The minimum atomic E-state index is -1.12. The number of carbonyl (C=O) groups excluding carboxylic acids is 1. The summed E-state index contributed by atoms with van der Waals surface area (Å²) in [6.07, 6.45) is 8.05. The number of carboxylic acids is 1. The summed E-state index contributed by atoms with van der Waals surface area (Å²) in [5.74, 6) is -0.0463. The Balaban J connectivity index is 0.000000245. The van der Waals surface area contributed by atoms with Gasteiger partial charge in [-0.1, -0.05) is 46.7 Å². The van der Waals surface area contributed by atoms with E-state index in [0.717, 1.165) is 109 Å². The molecule has 0 spiro atoms. The van der Waals surface area contributed by atoms with Crippen molar-refractivity contribution in [1.29, 1.82) is 0 Å². The first-order valence-electron chi connectivity index (χ1n) is 26.0. The van der Waals surface area contributed by atoms with Crippen LogP contribution in [-0.2, 0) is 48.9 Å². The topological polar surface area (TPSA) is 250 Å². The minimum absolute atomic E-state index is 0. The number of aromatic nitrogens is 8.